The molecule has 0 atom stereocenters. The minimum absolute atomic E-state index is 0.0406. The van der Waals surface area contributed by atoms with Crippen LogP contribution >= 0.6 is 0 Å². The molecule has 0 N–H and O–H groups in total. The smallest absolute Gasteiger partial charge is 0.272 e. The largest absolute Gasteiger partial charge is 0.335 e. The molecule has 6 nitrogen and oxygen atoms in total. The number of pyridine rings is 1. The molecule has 0 bridgehead atoms. The van der Waals surface area contributed by atoms with Crippen molar-refractivity contribution >= 4 is 15.9 Å². The lowest BCUT2D eigenvalue weighted by Gasteiger charge is -2.33. The zero-order valence-corrected chi connectivity index (χ0v) is 14.2. The van der Waals surface area contributed by atoms with Crippen LogP contribution in [0, 0.1) is 17.5 Å². The number of halogens is 3. The van der Waals surface area contributed by atoms with E-state index in [1.54, 1.807) is 0 Å². The molecular weight excluding hydrogens is 371 g/mol. The van der Waals surface area contributed by atoms with E-state index in [1.807, 2.05) is 0 Å². The Morgan fingerprint density at radius 2 is 1.62 bits per heavy atom. The lowest BCUT2D eigenvalue weighted by atomic mass is 10.3. The average Bonchev–Trinajstić information content (AvgIpc) is 2.64. The van der Waals surface area contributed by atoms with Gasteiger partial charge in [0.2, 0.25) is 10.0 Å². The first-order chi connectivity index (χ1) is 12.3. The molecule has 26 heavy (non-hydrogen) atoms. The summed E-state index contributed by atoms with van der Waals surface area (Å²) in [5.41, 5.74) is 0.0406. The van der Waals surface area contributed by atoms with Crippen LogP contribution in [-0.2, 0) is 10.0 Å². The predicted octanol–water partition coefficient (Wildman–Crippen LogP) is 1.65. The molecule has 1 aliphatic rings. The van der Waals surface area contributed by atoms with E-state index in [0.717, 1.165) is 28.7 Å². The van der Waals surface area contributed by atoms with Crippen LogP contribution in [0.5, 0.6) is 0 Å². The van der Waals surface area contributed by atoms with E-state index in [4.69, 9.17) is 0 Å². The standard InChI is InChI=1S/C16H14F3N3O3S/c17-11-1-3-13(19)15(9-11)26(24,25)22-7-5-21(6-8-22)16(23)14-4-2-12(18)10-20-14/h1-4,9-10H,5-8H2. The van der Waals surface area contributed by atoms with E-state index in [-0.39, 0.29) is 31.9 Å². The highest BCUT2D eigenvalue weighted by Gasteiger charge is 2.32. The van der Waals surface area contributed by atoms with E-state index in [1.165, 1.54) is 11.0 Å². The first kappa shape index (κ1) is 18.3. The lowest BCUT2D eigenvalue weighted by Crippen LogP contribution is -2.50. The number of carbonyl (C=O) groups excluding carboxylic acids is 1. The highest BCUT2D eigenvalue weighted by atomic mass is 32.2. The van der Waals surface area contributed by atoms with E-state index >= 15 is 0 Å². The molecule has 2 heterocycles. The van der Waals surface area contributed by atoms with E-state index in [0.29, 0.717) is 6.07 Å². The maximum Gasteiger partial charge on any atom is 0.272 e. The van der Waals surface area contributed by atoms with Gasteiger partial charge in [0, 0.05) is 26.2 Å². The summed E-state index contributed by atoms with van der Waals surface area (Å²) in [4.78, 5) is 16.6. The fourth-order valence-corrected chi connectivity index (χ4v) is 4.11. The second-order valence-electron chi connectivity index (χ2n) is 5.63. The average molecular weight is 385 g/mol. The third kappa shape index (κ3) is 3.56. The van der Waals surface area contributed by atoms with Crippen LogP contribution in [0.25, 0.3) is 0 Å². The highest BCUT2D eigenvalue weighted by molar-refractivity contribution is 7.89. The van der Waals surface area contributed by atoms with Gasteiger partial charge in [-0.1, -0.05) is 0 Å². The second kappa shape index (κ2) is 7.04. The number of piperazine rings is 1. The van der Waals surface area contributed by atoms with Crippen molar-refractivity contribution in [3.05, 3.63) is 59.7 Å². The minimum atomic E-state index is -4.22. The Balaban J connectivity index is 1.72. The van der Waals surface area contributed by atoms with Gasteiger partial charge in [0.25, 0.3) is 5.91 Å². The molecular formula is C16H14F3N3O3S. The lowest BCUT2D eigenvalue weighted by molar-refractivity contribution is 0.0691. The molecule has 1 aromatic carbocycles. The summed E-state index contributed by atoms with van der Waals surface area (Å²) in [6, 6.07) is 4.56. The summed E-state index contributed by atoms with van der Waals surface area (Å²) in [6.45, 7) is -0.0570. The van der Waals surface area contributed by atoms with Crippen LogP contribution in [0.3, 0.4) is 0 Å². The second-order valence-corrected chi connectivity index (χ2v) is 7.54. The Kier molecular flexibility index (Phi) is 4.97. The number of carbonyl (C=O) groups is 1. The van der Waals surface area contributed by atoms with Crippen LogP contribution in [-0.4, -0.2) is 54.7 Å². The number of hydrogen-bond donors (Lipinski definition) is 0. The van der Waals surface area contributed by atoms with Crippen molar-refractivity contribution in [3.63, 3.8) is 0 Å². The normalized spacial score (nSPS) is 15.9. The molecule has 1 fully saturated rings. The third-order valence-corrected chi connectivity index (χ3v) is 5.90. The van der Waals surface area contributed by atoms with Gasteiger partial charge in [0.15, 0.2) is 0 Å². The molecule has 1 aromatic heterocycles. The van der Waals surface area contributed by atoms with Gasteiger partial charge in [0.1, 0.15) is 28.0 Å². The van der Waals surface area contributed by atoms with Gasteiger partial charge in [-0.2, -0.15) is 4.31 Å². The molecule has 0 saturated carbocycles. The van der Waals surface area contributed by atoms with Gasteiger partial charge < -0.3 is 4.90 Å². The summed E-state index contributed by atoms with van der Waals surface area (Å²) in [7, 11) is -4.22. The zero-order chi connectivity index (χ0) is 18.9. The number of nitrogens with zero attached hydrogens (tertiary/aromatic N) is 3. The first-order valence-corrected chi connectivity index (χ1v) is 9.09. The van der Waals surface area contributed by atoms with Crippen molar-refractivity contribution in [2.75, 3.05) is 26.2 Å². The van der Waals surface area contributed by atoms with E-state index in [9.17, 15) is 26.4 Å². The molecule has 10 heteroatoms. The van der Waals surface area contributed by atoms with Gasteiger partial charge in [-0.05, 0) is 30.3 Å². The van der Waals surface area contributed by atoms with Gasteiger partial charge in [-0.25, -0.2) is 26.6 Å². The third-order valence-electron chi connectivity index (χ3n) is 3.98. The van der Waals surface area contributed by atoms with Crippen molar-refractivity contribution in [1.82, 2.24) is 14.2 Å². The van der Waals surface area contributed by atoms with Gasteiger partial charge in [0.05, 0.1) is 6.20 Å². The molecule has 2 aromatic rings. The molecule has 0 spiro atoms. The van der Waals surface area contributed by atoms with Gasteiger partial charge in [-0.15, -0.1) is 0 Å². The quantitative estimate of drug-likeness (QED) is 0.806. The Bertz CT molecular complexity index is 928. The highest BCUT2D eigenvalue weighted by Crippen LogP contribution is 2.22. The van der Waals surface area contributed by atoms with Crippen LogP contribution in [0.15, 0.2) is 41.4 Å². The molecule has 1 amide bonds. The Morgan fingerprint density at radius 1 is 0.962 bits per heavy atom. The minimum Gasteiger partial charge on any atom is -0.335 e. The molecule has 138 valence electrons. The van der Waals surface area contributed by atoms with Crippen LogP contribution in [0.1, 0.15) is 10.5 Å². The molecule has 1 aliphatic heterocycles. The predicted molar refractivity (Wildman–Crippen MR) is 85.2 cm³/mol. The van der Waals surface area contributed by atoms with Crippen molar-refractivity contribution < 1.29 is 26.4 Å². The summed E-state index contributed by atoms with van der Waals surface area (Å²) in [5, 5.41) is 0. The number of sulfonamides is 1. The molecule has 1 saturated heterocycles. The number of benzene rings is 1. The zero-order valence-electron chi connectivity index (χ0n) is 13.4. The van der Waals surface area contributed by atoms with E-state index < -0.39 is 38.3 Å². The van der Waals surface area contributed by atoms with Gasteiger partial charge in [-0.3, -0.25) is 4.79 Å². The monoisotopic (exact) mass is 385 g/mol. The summed E-state index contributed by atoms with van der Waals surface area (Å²) in [6.07, 6.45) is 0.917. The van der Waals surface area contributed by atoms with Gasteiger partial charge >= 0.3 is 0 Å². The molecule has 3 rings (SSSR count). The molecule has 0 radical (unpaired) electrons. The number of amides is 1. The Morgan fingerprint density at radius 3 is 2.23 bits per heavy atom. The van der Waals surface area contributed by atoms with Crippen LogP contribution < -0.4 is 0 Å². The number of hydrogen-bond acceptors (Lipinski definition) is 4. The summed E-state index contributed by atoms with van der Waals surface area (Å²) < 4.78 is 66.0. The van der Waals surface area contributed by atoms with Crippen LogP contribution in [0.2, 0.25) is 0 Å². The number of aromatic nitrogens is 1. The maximum atomic E-state index is 13.8. The molecule has 0 aliphatic carbocycles. The van der Waals surface area contributed by atoms with Crippen molar-refractivity contribution in [2.24, 2.45) is 0 Å². The summed E-state index contributed by atoms with van der Waals surface area (Å²) >= 11 is 0. The Labute approximate surface area is 147 Å². The maximum absolute atomic E-state index is 13.8. The summed E-state index contributed by atoms with van der Waals surface area (Å²) in [5.74, 6) is -2.94. The number of rotatable bonds is 3. The van der Waals surface area contributed by atoms with Crippen molar-refractivity contribution in [3.8, 4) is 0 Å². The first-order valence-electron chi connectivity index (χ1n) is 7.65. The topological polar surface area (TPSA) is 70.6 Å². The Hall–Kier alpha value is -2.46. The SMILES string of the molecule is O=C(c1ccc(F)cn1)N1CCN(S(=O)(=O)c2cc(F)ccc2F)CC1. The molecule has 0 unspecified atom stereocenters. The van der Waals surface area contributed by atoms with Crippen LogP contribution in [0.4, 0.5) is 13.2 Å². The fraction of sp³-hybridized carbons (Fsp3) is 0.250. The fourth-order valence-electron chi connectivity index (χ4n) is 2.61. The van der Waals surface area contributed by atoms with Crippen molar-refractivity contribution in [1.29, 1.82) is 0 Å². The van der Waals surface area contributed by atoms with Crippen molar-refractivity contribution in [2.45, 2.75) is 4.90 Å². The van der Waals surface area contributed by atoms with E-state index in [2.05, 4.69) is 4.98 Å².